The Morgan fingerprint density at radius 1 is 0.800 bits per heavy atom. The number of hydrogen-bond donors (Lipinski definition) is 3. The Bertz CT molecular complexity index is 1020. The molecule has 1 aliphatic rings. The minimum absolute atomic E-state index is 0.241. The van der Waals surface area contributed by atoms with Gasteiger partial charge in [0.2, 0.25) is 5.91 Å². The zero-order valence-corrected chi connectivity index (χ0v) is 20.3. The molecule has 3 N–H and O–H groups in total. The third kappa shape index (κ3) is 12.6. The van der Waals surface area contributed by atoms with E-state index in [1.807, 2.05) is 80.7 Å². The van der Waals surface area contributed by atoms with Gasteiger partial charge in [0.05, 0.1) is 6.04 Å². The van der Waals surface area contributed by atoms with E-state index in [9.17, 15) is 19.5 Å². The molecule has 6 nitrogen and oxygen atoms in total. The highest BCUT2D eigenvalue weighted by atomic mass is 16.3. The molecular weight excluding hydrogens is 440 g/mol. The number of carbonyl (C=O) groups excluding carboxylic acids is 3. The lowest BCUT2D eigenvalue weighted by molar-refractivity contribution is -0.118. The number of amides is 2. The van der Waals surface area contributed by atoms with Crippen molar-refractivity contribution in [2.45, 2.75) is 32.7 Å². The second-order valence-corrected chi connectivity index (χ2v) is 7.28. The number of carbonyl (C=O) groups is 3. The van der Waals surface area contributed by atoms with Crippen molar-refractivity contribution in [2.75, 3.05) is 6.54 Å². The van der Waals surface area contributed by atoms with Crippen molar-refractivity contribution >= 4 is 17.6 Å². The molecule has 1 heterocycles. The van der Waals surface area contributed by atoms with Gasteiger partial charge >= 0.3 is 0 Å². The number of allylic oxidation sites excluding steroid dienone is 17. The van der Waals surface area contributed by atoms with E-state index in [1.165, 1.54) is 12.2 Å². The molecule has 1 atom stereocenters. The zero-order valence-electron chi connectivity index (χ0n) is 20.3. The van der Waals surface area contributed by atoms with Crippen LogP contribution in [0.25, 0.3) is 0 Å². The molecule has 35 heavy (non-hydrogen) atoms. The first-order chi connectivity index (χ1) is 17.0. The monoisotopic (exact) mass is 474 g/mol. The molecule has 0 aliphatic carbocycles. The smallest absolute Gasteiger partial charge is 0.259 e. The second kappa shape index (κ2) is 18.3. The van der Waals surface area contributed by atoms with E-state index in [0.29, 0.717) is 19.4 Å². The Hall–Kier alpha value is -4.19. The van der Waals surface area contributed by atoms with E-state index in [0.717, 1.165) is 0 Å². The maximum Gasteiger partial charge on any atom is 0.259 e. The van der Waals surface area contributed by atoms with E-state index in [2.05, 4.69) is 10.6 Å². The van der Waals surface area contributed by atoms with E-state index in [-0.39, 0.29) is 17.2 Å². The van der Waals surface area contributed by atoms with Crippen LogP contribution in [0, 0.1) is 0 Å². The first-order valence-electron chi connectivity index (χ1n) is 11.5. The summed E-state index contributed by atoms with van der Waals surface area (Å²) in [5.74, 6) is -1.65. The van der Waals surface area contributed by atoms with E-state index < -0.39 is 17.7 Å². The van der Waals surface area contributed by atoms with Gasteiger partial charge in [0, 0.05) is 12.6 Å². The van der Waals surface area contributed by atoms with Gasteiger partial charge in [-0.15, -0.1) is 0 Å². The van der Waals surface area contributed by atoms with Crippen LogP contribution in [0.15, 0.2) is 121 Å². The highest BCUT2D eigenvalue weighted by Gasteiger charge is 2.37. The number of ketones is 1. The molecule has 1 fully saturated rings. The van der Waals surface area contributed by atoms with Crippen LogP contribution >= 0.6 is 0 Å². The van der Waals surface area contributed by atoms with Crippen LogP contribution in [-0.2, 0) is 14.4 Å². The molecule has 0 aromatic carbocycles. The standard InChI is InChI=1S/C29H34N2O4/c1-3-5-7-9-11-12-14-16-18-22-26(33)30-23-19-20-24-28(34)27(29(35)31-24)25(32)21-17-15-13-10-8-6-4-2/h3-18,21-22,24,32H,19-20,23H2,1-2H3,(H,30,33)(H,31,35)/b5-3+,6-4+,9-7+,10-8+,12-11+,15-13+,16-14+,21-17+,22-18+,27-25+. The molecule has 184 valence electrons. The van der Waals surface area contributed by atoms with E-state index in [4.69, 9.17) is 0 Å². The number of nitrogens with one attached hydrogen (secondary N) is 2. The van der Waals surface area contributed by atoms with Crippen LogP contribution in [0.4, 0.5) is 0 Å². The summed E-state index contributed by atoms with van der Waals surface area (Å²) in [6.45, 7) is 4.22. The Kier molecular flexibility index (Phi) is 15.0. The Balaban J connectivity index is 2.43. The van der Waals surface area contributed by atoms with Crippen LogP contribution < -0.4 is 10.6 Å². The highest BCUT2D eigenvalue weighted by molar-refractivity contribution is 6.27. The number of aliphatic hydroxyl groups excluding tert-OH is 1. The van der Waals surface area contributed by atoms with Crippen molar-refractivity contribution in [1.29, 1.82) is 0 Å². The molecule has 1 unspecified atom stereocenters. The summed E-state index contributed by atoms with van der Waals surface area (Å²) in [5.41, 5.74) is -0.241. The first-order valence-corrected chi connectivity index (χ1v) is 11.5. The Labute approximate surface area is 207 Å². The summed E-state index contributed by atoms with van der Waals surface area (Å²) in [7, 11) is 0. The van der Waals surface area contributed by atoms with Crippen LogP contribution in [0.5, 0.6) is 0 Å². The van der Waals surface area contributed by atoms with Gasteiger partial charge in [0.25, 0.3) is 5.91 Å². The van der Waals surface area contributed by atoms with Crippen molar-refractivity contribution in [3.8, 4) is 0 Å². The van der Waals surface area contributed by atoms with Crippen molar-refractivity contribution in [3.05, 3.63) is 121 Å². The molecular formula is C29H34N2O4. The van der Waals surface area contributed by atoms with E-state index in [1.54, 1.807) is 30.4 Å². The molecule has 0 radical (unpaired) electrons. The number of aliphatic hydroxyl groups is 1. The molecule has 0 saturated carbocycles. The molecule has 1 rings (SSSR count). The average Bonchev–Trinajstić information content (AvgIpc) is 3.12. The number of Topliss-reactive ketones (excluding diaryl/α,β-unsaturated/α-hetero) is 1. The van der Waals surface area contributed by atoms with Crippen LogP contribution in [0.3, 0.4) is 0 Å². The van der Waals surface area contributed by atoms with Gasteiger partial charge in [-0.3, -0.25) is 14.4 Å². The largest absolute Gasteiger partial charge is 0.507 e. The van der Waals surface area contributed by atoms with Gasteiger partial charge in [-0.25, -0.2) is 0 Å². The fourth-order valence-corrected chi connectivity index (χ4v) is 2.84. The third-order valence-electron chi connectivity index (χ3n) is 4.54. The topological polar surface area (TPSA) is 95.5 Å². The maximum absolute atomic E-state index is 12.5. The van der Waals surface area contributed by atoms with Crippen molar-refractivity contribution in [3.63, 3.8) is 0 Å². The molecule has 0 bridgehead atoms. The minimum Gasteiger partial charge on any atom is -0.507 e. The fourth-order valence-electron chi connectivity index (χ4n) is 2.84. The Morgan fingerprint density at radius 3 is 1.83 bits per heavy atom. The van der Waals surface area contributed by atoms with Crippen LogP contribution in [0.2, 0.25) is 0 Å². The summed E-state index contributed by atoms with van der Waals surface area (Å²) in [5, 5.41) is 15.5. The normalized spacial score (nSPS) is 19.1. The quantitative estimate of drug-likeness (QED) is 0.117. The van der Waals surface area contributed by atoms with Crippen molar-refractivity contribution in [2.24, 2.45) is 0 Å². The molecule has 1 saturated heterocycles. The lowest BCUT2D eigenvalue weighted by Gasteiger charge is -2.07. The lowest BCUT2D eigenvalue weighted by atomic mass is 10.0. The summed E-state index contributed by atoms with van der Waals surface area (Å²) in [6, 6.07) is -0.712. The fraction of sp³-hybridized carbons (Fsp3) is 0.207. The van der Waals surface area contributed by atoms with Crippen molar-refractivity contribution < 1.29 is 19.5 Å². The van der Waals surface area contributed by atoms with E-state index >= 15 is 0 Å². The third-order valence-corrected chi connectivity index (χ3v) is 4.54. The van der Waals surface area contributed by atoms with Crippen LogP contribution in [-0.4, -0.2) is 35.3 Å². The first kappa shape index (κ1) is 28.8. The van der Waals surface area contributed by atoms with Crippen LogP contribution in [0.1, 0.15) is 26.7 Å². The molecule has 1 aliphatic heterocycles. The van der Waals surface area contributed by atoms with Gasteiger partial charge < -0.3 is 15.7 Å². The molecule has 6 heteroatoms. The zero-order chi connectivity index (χ0) is 25.7. The van der Waals surface area contributed by atoms with Gasteiger partial charge in [-0.05, 0) is 32.8 Å². The summed E-state index contributed by atoms with van der Waals surface area (Å²) < 4.78 is 0. The predicted octanol–water partition coefficient (Wildman–Crippen LogP) is 4.81. The molecule has 0 spiro atoms. The molecule has 0 aromatic heterocycles. The van der Waals surface area contributed by atoms with Gasteiger partial charge in [0.1, 0.15) is 11.3 Å². The maximum atomic E-state index is 12.5. The van der Waals surface area contributed by atoms with Gasteiger partial charge in [0.15, 0.2) is 5.78 Å². The molecule has 2 amide bonds. The highest BCUT2D eigenvalue weighted by Crippen LogP contribution is 2.17. The van der Waals surface area contributed by atoms with Gasteiger partial charge in [-0.2, -0.15) is 0 Å². The minimum atomic E-state index is -0.712. The number of rotatable bonds is 13. The van der Waals surface area contributed by atoms with Crippen molar-refractivity contribution in [1.82, 2.24) is 10.6 Å². The number of hydrogen-bond acceptors (Lipinski definition) is 4. The lowest BCUT2D eigenvalue weighted by Crippen LogP contribution is -2.30. The summed E-state index contributed by atoms with van der Waals surface area (Å²) in [4.78, 5) is 36.5. The SMILES string of the molecule is C/C=C/C=C/C=C/C=C/C=C/C(=O)NCCCC1NC(=O)\C(=C(O)/C=C/C=C/C=C/C=C/C)C1=O. The predicted molar refractivity (Wildman–Crippen MR) is 142 cm³/mol. The Morgan fingerprint density at radius 2 is 1.29 bits per heavy atom. The molecule has 0 aromatic rings. The second-order valence-electron chi connectivity index (χ2n) is 7.28. The average molecular weight is 475 g/mol. The summed E-state index contributed by atoms with van der Waals surface area (Å²) in [6.07, 6.45) is 32.6. The van der Waals surface area contributed by atoms with Gasteiger partial charge in [-0.1, -0.05) is 97.2 Å². The summed E-state index contributed by atoms with van der Waals surface area (Å²) >= 11 is 0.